The highest BCUT2D eigenvalue weighted by molar-refractivity contribution is 8.21. The van der Waals surface area contributed by atoms with Gasteiger partial charge in [-0.25, -0.2) is 0 Å². The van der Waals surface area contributed by atoms with Gasteiger partial charge in [0.05, 0.1) is 4.08 Å². The number of hydrogen-bond acceptors (Lipinski definition) is 5. The quantitative estimate of drug-likeness (QED) is 0.539. The van der Waals surface area contributed by atoms with E-state index in [1.165, 1.54) is 24.8 Å². The number of hydrogen-bond donors (Lipinski definition) is 0. The molecule has 0 aromatic heterocycles. The molecule has 2 heterocycles. The van der Waals surface area contributed by atoms with E-state index in [2.05, 4.69) is 9.99 Å². The third-order valence-corrected chi connectivity index (χ3v) is 6.09. The van der Waals surface area contributed by atoms with Crippen LogP contribution in [0.4, 0.5) is 0 Å². The zero-order valence-corrected chi connectivity index (χ0v) is 10.3. The second-order valence-electron chi connectivity index (χ2n) is 3.53. The van der Waals surface area contributed by atoms with E-state index < -0.39 is 0 Å². The number of oxime groups is 1. The minimum Gasteiger partial charge on any atom is -0.399 e. The third-order valence-electron chi connectivity index (χ3n) is 2.59. The number of carbonyl (C=O) groups excluding carboxylic acids is 1. The molecule has 2 aliphatic heterocycles. The standard InChI is InChI=1S/C9H14N2O2S2/c1-13-10-6-8(12)11-3-2-9(7-11)14-4-5-15-9/h6H,2-5,7H2,1H3. The van der Waals surface area contributed by atoms with Crippen molar-refractivity contribution in [2.75, 3.05) is 31.7 Å². The van der Waals surface area contributed by atoms with E-state index in [4.69, 9.17) is 0 Å². The van der Waals surface area contributed by atoms with Crippen LogP contribution >= 0.6 is 23.5 Å². The summed E-state index contributed by atoms with van der Waals surface area (Å²) in [6, 6.07) is 0. The molecule has 1 spiro atoms. The first-order chi connectivity index (χ1) is 7.26. The maximum absolute atomic E-state index is 11.6. The Morgan fingerprint density at radius 2 is 2.27 bits per heavy atom. The van der Waals surface area contributed by atoms with Gasteiger partial charge in [-0.3, -0.25) is 4.79 Å². The van der Waals surface area contributed by atoms with Gasteiger partial charge >= 0.3 is 0 Å². The molecule has 2 aliphatic rings. The van der Waals surface area contributed by atoms with Gasteiger partial charge in [-0.15, -0.1) is 23.5 Å². The lowest BCUT2D eigenvalue weighted by Crippen LogP contribution is -2.32. The van der Waals surface area contributed by atoms with Gasteiger partial charge in [0.1, 0.15) is 13.3 Å². The molecule has 6 heteroatoms. The maximum Gasteiger partial charge on any atom is 0.268 e. The molecular weight excluding hydrogens is 232 g/mol. The van der Waals surface area contributed by atoms with E-state index in [1.54, 1.807) is 0 Å². The van der Waals surface area contributed by atoms with Crippen LogP contribution in [0.5, 0.6) is 0 Å². The predicted molar refractivity (Wildman–Crippen MR) is 64.3 cm³/mol. The Balaban J connectivity index is 1.91. The lowest BCUT2D eigenvalue weighted by atomic mass is 10.4. The second-order valence-corrected chi connectivity index (χ2v) is 6.75. The predicted octanol–water partition coefficient (Wildman–Crippen LogP) is 1.03. The smallest absolute Gasteiger partial charge is 0.268 e. The van der Waals surface area contributed by atoms with Gasteiger partial charge in [-0.05, 0) is 6.42 Å². The van der Waals surface area contributed by atoms with Crippen LogP contribution in [0.1, 0.15) is 6.42 Å². The van der Waals surface area contributed by atoms with Gasteiger partial charge in [-0.1, -0.05) is 5.16 Å². The van der Waals surface area contributed by atoms with Crippen LogP contribution in [0.25, 0.3) is 0 Å². The van der Waals surface area contributed by atoms with Crippen LogP contribution in [0, 0.1) is 0 Å². The fourth-order valence-electron chi connectivity index (χ4n) is 1.85. The van der Waals surface area contributed by atoms with E-state index in [0.717, 1.165) is 19.5 Å². The van der Waals surface area contributed by atoms with E-state index in [9.17, 15) is 4.79 Å². The maximum atomic E-state index is 11.6. The molecule has 0 saturated carbocycles. The van der Waals surface area contributed by atoms with Gasteiger partial charge < -0.3 is 9.74 Å². The van der Waals surface area contributed by atoms with Crippen molar-refractivity contribution in [3.8, 4) is 0 Å². The molecule has 2 rings (SSSR count). The number of amides is 1. The van der Waals surface area contributed by atoms with Gasteiger partial charge in [0.15, 0.2) is 0 Å². The molecule has 15 heavy (non-hydrogen) atoms. The Kier molecular flexibility index (Phi) is 3.45. The zero-order valence-electron chi connectivity index (χ0n) is 8.64. The molecular formula is C9H14N2O2S2. The van der Waals surface area contributed by atoms with Crippen LogP contribution < -0.4 is 0 Å². The molecule has 1 amide bonds. The fourth-order valence-corrected chi connectivity index (χ4v) is 5.06. The number of thioether (sulfide) groups is 2. The largest absolute Gasteiger partial charge is 0.399 e. The summed E-state index contributed by atoms with van der Waals surface area (Å²) in [7, 11) is 1.44. The summed E-state index contributed by atoms with van der Waals surface area (Å²) >= 11 is 3.98. The average Bonchev–Trinajstić information content (AvgIpc) is 2.86. The third kappa shape index (κ3) is 2.42. The molecule has 2 fully saturated rings. The summed E-state index contributed by atoms with van der Waals surface area (Å²) in [5, 5.41) is 3.50. The highest BCUT2D eigenvalue weighted by Gasteiger charge is 2.43. The fraction of sp³-hybridized carbons (Fsp3) is 0.778. The van der Waals surface area contributed by atoms with Crippen LogP contribution in [-0.2, 0) is 9.63 Å². The molecule has 0 aromatic rings. The van der Waals surface area contributed by atoms with E-state index >= 15 is 0 Å². The molecule has 0 aromatic carbocycles. The van der Waals surface area contributed by atoms with Crippen LogP contribution in [0.3, 0.4) is 0 Å². The monoisotopic (exact) mass is 246 g/mol. The number of rotatable bonds is 2. The minimum absolute atomic E-state index is 0.0400. The van der Waals surface area contributed by atoms with Crippen molar-refractivity contribution in [2.45, 2.75) is 10.5 Å². The SMILES string of the molecule is CON=CC(=O)N1CCC2(C1)SCCS2. The van der Waals surface area contributed by atoms with E-state index in [1.807, 2.05) is 28.4 Å². The van der Waals surface area contributed by atoms with Gasteiger partial charge in [0.25, 0.3) is 5.91 Å². The second kappa shape index (κ2) is 4.65. The van der Waals surface area contributed by atoms with Crippen LogP contribution in [-0.4, -0.2) is 52.8 Å². The van der Waals surface area contributed by atoms with Gasteiger partial charge in [0.2, 0.25) is 0 Å². The van der Waals surface area contributed by atoms with Crippen molar-refractivity contribution in [2.24, 2.45) is 5.16 Å². The highest BCUT2D eigenvalue weighted by atomic mass is 32.2. The molecule has 4 nitrogen and oxygen atoms in total. The Hall–Kier alpha value is -0.360. The van der Waals surface area contributed by atoms with Crippen molar-refractivity contribution in [1.82, 2.24) is 4.90 Å². The lowest BCUT2D eigenvalue weighted by Gasteiger charge is -2.20. The van der Waals surface area contributed by atoms with Crippen molar-refractivity contribution in [3.63, 3.8) is 0 Å². The number of likely N-dealkylation sites (tertiary alicyclic amines) is 1. The Morgan fingerprint density at radius 1 is 1.53 bits per heavy atom. The molecule has 2 saturated heterocycles. The highest BCUT2D eigenvalue weighted by Crippen LogP contribution is 2.49. The van der Waals surface area contributed by atoms with Crippen LogP contribution in [0.15, 0.2) is 5.16 Å². The van der Waals surface area contributed by atoms with Gasteiger partial charge in [-0.2, -0.15) is 0 Å². The summed E-state index contributed by atoms with van der Waals surface area (Å²) in [5.74, 6) is 2.37. The summed E-state index contributed by atoms with van der Waals surface area (Å²) in [6.07, 6.45) is 2.35. The average molecular weight is 246 g/mol. The van der Waals surface area contributed by atoms with Crippen molar-refractivity contribution < 1.29 is 9.63 Å². The molecule has 0 N–H and O–H groups in total. The van der Waals surface area contributed by atoms with Crippen molar-refractivity contribution in [3.05, 3.63) is 0 Å². The minimum atomic E-state index is -0.0400. The molecule has 84 valence electrons. The first-order valence-electron chi connectivity index (χ1n) is 4.89. The Bertz CT molecular complexity index is 277. The van der Waals surface area contributed by atoms with E-state index in [-0.39, 0.29) is 9.99 Å². The Morgan fingerprint density at radius 3 is 2.93 bits per heavy atom. The molecule has 0 unspecified atom stereocenters. The number of nitrogens with zero attached hydrogens (tertiary/aromatic N) is 2. The van der Waals surface area contributed by atoms with E-state index in [0.29, 0.717) is 0 Å². The molecule has 0 aliphatic carbocycles. The van der Waals surface area contributed by atoms with Gasteiger partial charge in [0, 0.05) is 24.6 Å². The molecule has 0 radical (unpaired) electrons. The van der Waals surface area contributed by atoms with Crippen molar-refractivity contribution >= 4 is 35.6 Å². The summed E-state index contributed by atoms with van der Waals surface area (Å²) < 4.78 is 0.274. The lowest BCUT2D eigenvalue weighted by molar-refractivity contribution is -0.122. The topological polar surface area (TPSA) is 41.9 Å². The molecule has 0 atom stereocenters. The summed E-state index contributed by atoms with van der Waals surface area (Å²) in [5.41, 5.74) is 0. The van der Waals surface area contributed by atoms with Crippen molar-refractivity contribution in [1.29, 1.82) is 0 Å². The first-order valence-corrected chi connectivity index (χ1v) is 6.86. The van der Waals surface area contributed by atoms with Crippen LogP contribution in [0.2, 0.25) is 0 Å². The number of carbonyl (C=O) groups is 1. The normalized spacial score (nSPS) is 24.2. The molecule has 0 bridgehead atoms. The zero-order chi connectivity index (χ0) is 10.7. The summed E-state index contributed by atoms with van der Waals surface area (Å²) in [6.45, 7) is 1.69. The first kappa shape index (κ1) is 11.1. The summed E-state index contributed by atoms with van der Waals surface area (Å²) in [4.78, 5) is 18.0. The Labute approximate surface area is 97.8 Å².